The number of aromatic nitrogens is 2. The van der Waals surface area contributed by atoms with Gasteiger partial charge in [-0.15, -0.1) is 11.3 Å². The molecule has 1 aliphatic rings. The van der Waals surface area contributed by atoms with Crippen molar-refractivity contribution >= 4 is 27.9 Å². The number of amides is 1. The fraction of sp³-hybridized carbons (Fsp3) is 0.462. The molecule has 20 heavy (non-hydrogen) atoms. The number of imidazole rings is 1. The maximum atomic E-state index is 12.0. The number of nitrogens with one attached hydrogen (secondary N) is 1. The van der Waals surface area contributed by atoms with Gasteiger partial charge in [-0.05, 0) is 5.92 Å². The number of hydrogen-bond donors (Lipinski definition) is 1. The molecular formula is C13H16N4O2S. The van der Waals surface area contributed by atoms with Crippen LogP contribution in [0.15, 0.2) is 22.9 Å². The minimum atomic E-state index is -0.504. The summed E-state index contributed by atoms with van der Waals surface area (Å²) >= 11 is 1.57. The molecule has 0 aromatic carbocycles. The molecule has 106 valence electrons. The molecular weight excluding hydrogens is 276 g/mol. The van der Waals surface area contributed by atoms with E-state index in [0.29, 0.717) is 18.9 Å². The van der Waals surface area contributed by atoms with Crippen molar-refractivity contribution in [2.75, 3.05) is 0 Å². The average Bonchev–Trinajstić information content (AvgIpc) is 3.10. The van der Waals surface area contributed by atoms with Crippen LogP contribution in [0.5, 0.6) is 0 Å². The van der Waals surface area contributed by atoms with Crippen molar-refractivity contribution in [2.45, 2.75) is 32.9 Å². The number of thiazole rings is 1. The Hall–Kier alpha value is -1.89. The fourth-order valence-electron chi connectivity index (χ4n) is 2.03. The fourth-order valence-corrected chi connectivity index (χ4v) is 2.75. The normalized spacial score (nSPS) is 18.4. The van der Waals surface area contributed by atoms with E-state index in [1.807, 2.05) is 36.0 Å². The van der Waals surface area contributed by atoms with Gasteiger partial charge in [0.2, 0.25) is 6.10 Å². The highest BCUT2D eigenvalue weighted by Crippen LogP contribution is 2.16. The van der Waals surface area contributed by atoms with Gasteiger partial charge in [-0.25, -0.2) is 4.98 Å². The molecule has 7 heteroatoms. The first-order valence-corrected chi connectivity index (χ1v) is 7.43. The third-order valence-corrected chi connectivity index (χ3v) is 4.01. The van der Waals surface area contributed by atoms with Gasteiger partial charge in [-0.1, -0.05) is 19.0 Å². The summed E-state index contributed by atoms with van der Waals surface area (Å²) in [5.74, 6) is 0.175. The number of nitrogens with zero attached hydrogens (tertiary/aromatic N) is 3. The number of carbonyl (C=O) groups excluding carboxylic acids is 1. The SMILES string of the molecule is CC(C)C1=NOC(C(=O)NCc2cn3ccsc3n2)C1. The van der Waals surface area contributed by atoms with Crippen molar-refractivity contribution in [2.24, 2.45) is 11.1 Å². The lowest BCUT2D eigenvalue weighted by molar-refractivity contribution is -0.131. The van der Waals surface area contributed by atoms with Crippen LogP contribution >= 0.6 is 11.3 Å². The molecule has 0 spiro atoms. The summed E-state index contributed by atoms with van der Waals surface area (Å²) in [5.41, 5.74) is 1.78. The lowest BCUT2D eigenvalue weighted by Gasteiger charge is -2.08. The highest BCUT2D eigenvalue weighted by molar-refractivity contribution is 7.15. The summed E-state index contributed by atoms with van der Waals surface area (Å²) in [6.45, 7) is 4.49. The predicted molar refractivity (Wildman–Crippen MR) is 76.7 cm³/mol. The molecule has 0 fully saturated rings. The molecule has 2 aromatic heterocycles. The van der Waals surface area contributed by atoms with Crippen LogP contribution in [-0.2, 0) is 16.2 Å². The predicted octanol–water partition coefficient (Wildman–Crippen LogP) is 1.81. The van der Waals surface area contributed by atoms with Crippen LogP contribution in [0, 0.1) is 5.92 Å². The molecule has 0 saturated heterocycles. The minimum Gasteiger partial charge on any atom is -0.382 e. The van der Waals surface area contributed by atoms with Gasteiger partial charge < -0.3 is 10.2 Å². The zero-order valence-corrected chi connectivity index (χ0v) is 12.2. The number of rotatable bonds is 4. The zero-order chi connectivity index (χ0) is 14.1. The van der Waals surface area contributed by atoms with Crippen molar-refractivity contribution in [3.63, 3.8) is 0 Å². The largest absolute Gasteiger partial charge is 0.382 e. The van der Waals surface area contributed by atoms with Crippen LogP contribution in [0.2, 0.25) is 0 Å². The standard InChI is InChI=1S/C13H16N4O2S/c1-8(2)10-5-11(19-16-10)12(18)14-6-9-7-17-3-4-20-13(17)15-9/h3-4,7-8,11H,5-6H2,1-2H3,(H,14,18). The van der Waals surface area contributed by atoms with E-state index in [1.54, 1.807) is 11.3 Å². The van der Waals surface area contributed by atoms with Crippen molar-refractivity contribution in [3.05, 3.63) is 23.5 Å². The molecule has 3 rings (SSSR count). The molecule has 2 aromatic rings. The van der Waals surface area contributed by atoms with Gasteiger partial charge in [0.1, 0.15) is 0 Å². The van der Waals surface area contributed by atoms with E-state index in [0.717, 1.165) is 16.4 Å². The highest BCUT2D eigenvalue weighted by Gasteiger charge is 2.29. The summed E-state index contributed by atoms with van der Waals surface area (Å²) in [4.78, 5) is 22.5. The van der Waals surface area contributed by atoms with Gasteiger partial charge in [0.05, 0.1) is 18.0 Å². The Morgan fingerprint density at radius 1 is 1.65 bits per heavy atom. The number of fused-ring (bicyclic) bond motifs is 1. The molecule has 1 aliphatic heterocycles. The van der Waals surface area contributed by atoms with Crippen LogP contribution in [0.25, 0.3) is 4.96 Å². The lowest BCUT2D eigenvalue weighted by Crippen LogP contribution is -2.34. The smallest absolute Gasteiger partial charge is 0.264 e. The van der Waals surface area contributed by atoms with Crippen LogP contribution in [-0.4, -0.2) is 27.1 Å². The molecule has 1 unspecified atom stereocenters. The van der Waals surface area contributed by atoms with Gasteiger partial charge in [-0.2, -0.15) is 0 Å². The third kappa shape index (κ3) is 2.53. The zero-order valence-electron chi connectivity index (χ0n) is 11.4. The Balaban J connectivity index is 1.54. The first-order chi connectivity index (χ1) is 9.63. The van der Waals surface area contributed by atoms with Gasteiger partial charge in [-0.3, -0.25) is 9.20 Å². The van der Waals surface area contributed by atoms with E-state index < -0.39 is 6.10 Å². The van der Waals surface area contributed by atoms with E-state index in [4.69, 9.17) is 4.84 Å². The third-order valence-electron chi connectivity index (χ3n) is 3.24. The minimum absolute atomic E-state index is 0.138. The summed E-state index contributed by atoms with van der Waals surface area (Å²) < 4.78 is 1.94. The quantitative estimate of drug-likeness (QED) is 0.934. The van der Waals surface area contributed by atoms with Gasteiger partial charge >= 0.3 is 0 Å². The van der Waals surface area contributed by atoms with E-state index in [9.17, 15) is 4.79 Å². The lowest BCUT2D eigenvalue weighted by atomic mass is 10.0. The first-order valence-electron chi connectivity index (χ1n) is 6.55. The molecule has 1 N–H and O–H groups in total. The summed E-state index contributed by atoms with van der Waals surface area (Å²) in [6.07, 6.45) is 3.93. The Morgan fingerprint density at radius 2 is 2.50 bits per heavy atom. The molecule has 1 atom stereocenters. The second-order valence-electron chi connectivity index (χ2n) is 5.08. The molecule has 0 radical (unpaired) electrons. The van der Waals surface area contributed by atoms with E-state index in [2.05, 4.69) is 15.5 Å². The van der Waals surface area contributed by atoms with Crippen LogP contribution in [0.1, 0.15) is 26.0 Å². The van der Waals surface area contributed by atoms with Gasteiger partial charge in [0, 0.05) is 24.2 Å². The number of carbonyl (C=O) groups is 1. The monoisotopic (exact) mass is 292 g/mol. The Kier molecular flexibility index (Phi) is 3.43. The summed E-state index contributed by atoms with van der Waals surface area (Å²) in [7, 11) is 0. The van der Waals surface area contributed by atoms with Crippen molar-refractivity contribution < 1.29 is 9.63 Å². The van der Waals surface area contributed by atoms with E-state index in [1.165, 1.54) is 0 Å². The molecule has 6 nitrogen and oxygen atoms in total. The number of oxime groups is 1. The van der Waals surface area contributed by atoms with E-state index >= 15 is 0 Å². The second-order valence-corrected chi connectivity index (χ2v) is 5.95. The second kappa shape index (κ2) is 5.24. The first kappa shape index (κ1) is 13.1. The van der Waals surface area contributed by atoms with Crippen LogP contribution < -0.4 is 5.32 Å². The van der Waals surface area contributed by atoms with E-state index in [-0.39, 0.29) is 5.91 Å². The number of hydrogen-bond acceptors (Lipinski definition) is 5. The Bertz CT molecular complexity index is 630. The summed E-state index contributed by atoms with van der Waals surface area (Å²) in [5, 5.41) is 8.77. The van der Waals surface area contributed by atoms with Crippen LogP contribution in [0.3, 0.4) is 0 Å². The van der Waals surface area contributed by atoms with Crippen LogP contribution in [0.4, 0.5) is 0 Å². The van der Waals surface area contributed by atoms with Crippen molar-refractivity contribution in [1.82, 2.24) is 14.7 Å². The Labute approximate surface area is 120 Å². The average molecular weight is 292 g/mol. The maximum Gasteiger partial charge on any atom is 0.264 e. The van der Waals surface area contributed by atoms with Crippen molar-refractivity contribution in [3.8, 4) is 0 Å². The topological polar surface area (TPSA) is 68.0 Å². The van der Waals surface area contributed by atoms with Gasteiger partial charge in [0.25, 0.3) is 5.91 Å². The van der Waals surface area contributed by atoms with Gasteiger partial charge in [0.15, 0.2) is 4.96 Å². The molecule has 0 aliphatic carbocycles. The molecule has 0 bridgehead atoms. The molecule has 0 saturated carbocycles. The van der Waals surface area contributed by atoms with Crippen molar-refractivity contribution in [1.29, 1.82) is 0 Å². The Morgan fingerprint density at radius 3 is 3.20 bits per heavy atom. The summed E-state index contributed by atoms with van der Waals surface area (Å²) in [6, 6.07) is 0. The highest BCUT2D eigenvalue weighted by atomic mass is 32.1. The molecule has 3 heterocycles. The molecule has 1 amide bonds. The maximum absolute atomic E-state index is 12.0.